The second kappa shape index (κ2) is 4.83. The van der Waals surface area contributed by atoms with Crippen LogP contribution in [0.25, 0.3) is 6.08 Å². The van der Waals surface area contributed by atoms with Gasteiger partial charge in [-0.25, -0.2) is 0 Å². The molecule has 70 valence electrons. The zero-order valence-corrected chi connectivity index (χ0v) is 10.1. The van der Waals surface area contributed by atoms with E-state index in [0.717, 1.165) is 4.47 Å². The minimum absolute atomic E-state index is 0.0870. The minimum Gasteiger partial charge on any atom is -0.119 e. The van der Waals surface area contributed by atoms with Crippen molar-refractivity contribution in [2.24, 2.45) is 0 Å². The summed E-state index contributed by atoms with van der Waals surface area (Å²) in [7, 11) is 0. The van der Waals surface area contributed by atoms with Crippen LogP contribution < -0.4 is 0 Å². The summed E-state index contributed by atoms with van der Waals surface area (Å²) in [5, 5.41) is 0.0870. The molecule has 0 N–H and O–H groups in total. The predicted molar refractivity (Wildman–Crippen MR) is 63.2 cm³/mol. The van der Waals surface area contributed by atoms with Crippen LogP contribution >= 0.6 is 27.5 Å². The molecule has 2 heteroatoms. The fourth-order valence-electron chi connectivity index (χ4n) is 1.02. The SMILES string of the molecule is Cc1cc(/C=C/C(C)Cl)ccc1Br. The van der Waals surface area contributed by atoms with Gasteiger partial charge in [-0.3, -0.25) is 0 Å². The summed E-state index contributed by atoms with van der Waals surface area (Å²) in [4.78, 5) is 0. The van der Waals surface area contributed by atoms with Crippen LogP contribution in [0.4, 0.5) is 0 Å². The Kier molecular flexibility index (Phi) is 4.01. The maximum Gasteiger partial charge on any atom is 0.0491 e. The molecule has 1 aromatic rings. The van der Waals surface area contributed by atoms with Gasteiger partial charge in [0.25, 0.3) is 0 Å². The van der Waals surface area contributed by atoms with E-state index < -0.39 is 0 Å². The second-order valence-electron chi connectivity index (χ2n) is 3.05. The van der Waals surface area contributed by atoms with Gasteiger partial charge in [0.15, 0.2) is 0 Å². The van der Waals surface area contributed by atoms with Crippen LogP contribution in [0.5, 0.6) is 0 Å². The lowest BCUT2D eigenvalue weighted by molar-refractivity contribution is 1.24. The van der Waals surface area contributed by atoms with E-state index in [2.05, 4.69) is 35.0 Å². The van der Waals surface area contributed by atoms with Crippen molar-refractivity contribution in [3.63, 3.8) is 0 Å². The Labute approximate surface area is 92.7 Å². The molecule has 0 saturated carbocycles. The van der Waals surface area contributed by atoms with Gasteiger partial charge in [-0.2, -0.15) is 0 Å². The molecule has 0 nitrogen and oxygen atoms in total. The number of alkyl halides is 1. The van der Waals surface area contributed by atoms with E-state index >= 15 is 0 Å². The van der Waals surface area contributed by atoms with E-state index in [9.17, 15) is 0 Å². The molecule has 1 rings (SSSR count). The maximum atomic E-state index is 5.80. The molecule has 0 radical (unpaired) electrons. The molecule has 0 fully saturated rings. The Morgan fingerprint density at radius 2 is 2.15 bits per heavy atom. The first-order valence-corrected chi connectivity index (χ1v) is 5.41. The summed E-state index contributed by atoms with van der Waals surface area (Å²) in [6.45, 7) is 4.02. The van der Waals surface area contributed by atoms with E-state index in [1.807, 2.05) is 25.1 Å². The molecule has 0 aliphatic heterocycles. The molecule has 0 heterocycles. The number of allylic oxidation sites excluding steroid dienone is 1. The lowest BCUT2D eigenvalue weighted by Crippen LogP contribution is -1.82. The zero-order valence-electron chi connectivity index (χ0n) is 7.72. The van der Waals surface area contributed by atoms with Crippen molar-refractivity contribution in [2.75, 3.05) is 0 Å². The third-order valence-electron chi connectivity index (χ3n) is 1.74. The normalized spacial score (nSPS) is 13.5. The molecule has 0 aliphatic rings. The molecule has 0 aliphatic carbocycles. The van der Waals surface area contributed by atoms with Crippen LogP contribution in [0.3, 0.4) is 0 Å². The van der Waals surface area contributed by atoms with Gasteiger partial charge in [0, 0.05) is 9.85 Å². The van der Waals surface area contributed by atoms with Gasteiger partial charge in [-0.05, 0) is 31.0 Å². The highest BCUT2D eigenvalue weighted by molar-refractivity contribution is 9.10. The van der Waals surface area contributed by atoms with Crippen LogP contribution in [0, 0.1) is 6.92 Å². The van der Waals surface area contributed by atoms with Gasteiger partial charge < -0.3 is 0 Å². The maximum absolute atomic E-state index is 5.80. The predicted octanol–water partition coefficient (Wildman–Crippen LogP) is 4.40. The first kappa shape index (κ1) is 10.8. The van der Waals surface area contributed by atoms with Crippen LogP contribution in [0.1, 0.15) is 18.1 Å². The standard InChI is InChI=1S/C11H12BrCl/c1-8-7-10(4-3-9(2)13)5-6-11(8)12/h3-7,9H,1-2H3/b4-3+. The van der Waals surface area contributed by atoms with Crippen LogP contribution in [0.15, 0.2) is 28.7 Å². The first-order chi connectivity index (χ1) is 6.09. The number of halogens is 2. The fourth-order valence-corrected chi connectivity index (χ4v) is 1.33. The zero-order chi connectivity index (χ0) is 9.84. The Bertz CT molecular complexity index is 316. The molecule has 0 aromatic heterocycles. The number of rotatable bonds is 2. The lowest BCUT2D eigenvalue weighted by Gasteiger charge is -1.99. The van der Waals surface area contributed by atoms with E-state index in [4.69, 9.17) is 11.6 Å². The van der Waals surface area contributed by atoms with Crippen LogP contribution in [0.2, 0.25) is 0 Å². The number of hydrogen-bond acceptors (Lipinski definition) is 0. The first-order valence-electron chi connectivity index (χ1n) is 4.18. The van der Waals surface area contributed by atoms with Gasteiger partial charge in [0.2, 0.25) is 0 Å². The van der Waals surface area contributed by atoms with E-state index in [-0.39, 0.29) is 5.38 Å². The highest BCUT2D eigenvalue weighted by atomic mass is 79.9. The summed E-state index contributed by atoms with van der Waals surface area (Å²) in [5.41, 5.74) is 2.43. The third-order valence-corrected chi connectivity index (χ3v) is 2.77. The van der Waals surface area contributed by atoms with E-state index in [0.29, 0.717) is 0 Å². The quantitative estimate of drug-likeness (QED) is 0.691. The highest BCUT2D eigenvalue weighted by Crippen LogP contribution is 2.18. The lowest BCUT2D eigenvalue weighted by atomic mass is 10.1. The van der Waals surface area contributed by atoms with Crippen molar-refractivity contribution in [1.82, 2.24) is 0 Å². The number of benzene rings is 1. The molecule has 13 heavy (non-hydrogen) atoms. The molecule has 0 amide bonds. The molecule has 0 bridgehead atoms. The van der Waals surface area contributed by atoms with Crippen molar-refractivity contribution in [3.8, 4) is 0 Å². The van der Waals surface area contributed by atoms with E-state index in [1.165, 1.54) is 11.1 Å². The van der Waals surface area contributed by atoms with Crippen molar-refractivity contribution in [2.45, 2.75) is 19.2 Å². The second-order valence-corrected chi connectivity index (χ2v) is 4.59. The Morgan fingerprint density at radius 3 is 2.69 bits per heavy atom. The average molecular weight is 260 g/mol. The van der Waals surface area contributed by atoms with Gasteiger partial charge in [0.1, 0.15) is 0 Å². The van der Waals surface area contributed by atoms with Crippen molar-refractivity contribution in [3.05, 3.63) is 39.9 Å². The number of aryl methyl sites for hydroxylation is 1. The fraction of sp³-hybridized carbons (Fsp3) is 0.273. The van der Waals surface area contributed by atoms with Crippen molar-refractivity contribution >= 4 is 33.6 Å². The Balaban J connectivity index is 2.85. The topological polar surface area (TPSA) is 0 Å². The summed E-state index contributed by atoms with van der Waals surface area (Å²) < 4.78 is 1.14. The minimum atomic E-state index is 0.0870. The molecule has 1 aromatic carbocycles. The molecule has 1 unspecified atom stereocenters. The summed E-state index contributed by atoms with van der Waals surface area (Å²) >= 11 is 9.26. The van der Waals surface area contributed by atoms with Gasteiger partial charge >= 0.3 is 0 Å². The van der Waals surface area contributed by atoms with Gasteiger partial charge in [-0.1, -0.05) is 40.2 Å². The van der Waals surface area contributed by atoms with E-state index in [1.54, 1.807) is 0 Å². The number of hydrogen-bond donors (Lipinski definition) is 0. The monoisotopic (exact) mass is 258 g/mol. The summed E-state index contributed by atoms with van der Waals surface area (Å²) in [6.07, 6.45) is 4.02. The molecule has 0 saturated heterocycles. The average Bonchev–Trinajstić information content (AvgIpc) is 2.07. The summed E-state index contributed by atoms with van der Waals surface area (Å²) in [5.74, 6) is 0. The van der Waals surface area contributed by atoms with Gasteiger partial charge in [-0.15, -0.1) is 11.6 Å². The van der Waals surface area contributed by atoms with Crippen LogP contribution in [-0.4, -0.2) is 5.38 Å². The molecular formula is C11H12BrCl. The van der Waals surface area contributed by atoms with Crippen LogP contribution in [-0.2, 0) is 0 Å². The molecule has 1 atom stereocenters. The molecular weight excluding hydrogens is 247 g/mol. The highest BCUT2D eigenvalue weighted by Gasteiger charge is 1.94. The van der Waals surface area contributed by atoms with Crippen molar-refractivity contribution < 1.29 is 0 Å². The molecule has 0 spiro atoms. The smallest absolute Gasteiger partial charge is 0.0491 e. The largest absolute Gasteiger partial charge is 0.119 e. The third kappa shape index (κ3) is 3.53. The van der Waals surface area contributed by atoms with Gasteiger partial charge in [0.05, 0.1) is 0 Å². The Morgan fingerprint density at radius 1 is 1.46 bits per heavy atom. The van der Waals surface area contributed by atoms with Crippen molar-refractivity contribution in [1.29, 1.82) is 0 Å². The summed E-state index contributed by atoms with van der Waals surface area (Å²) in [6, 6.07) is 6.24. The Hall–Kier alpha value is -0.270.